The SMILES string of the molecule is CC(=O)Nc1ccc(C(=O)N[C@@H](C)C(=O)O)cc1. The van der Waals surface area contributed by atoms with Crippen molar-refractivity contribution in [1.82, 2.24) is 5.32 Å². The van der Waals surface area contributed by atoms with Crippen LogP contribution in [0.2, 0.25) is 0 Å². The molecule has 96 valence electrons. The molecule has 1 rings (SSSR count). The first-order valence-electron chi connectivity index (χ1n) is 5.31. The molecule has 1 atom stereocenters. The summed E-state index contributed by atoms with van der Waals surface area (Å²) in [6, 6.07) is 5.21. The normalized spacial score (nSPS) is 11.4. The largest absolute Gasteiger partial charge is 0.480 e. The van der Waals surface area contributed by atoms with Crippen LogP contribution in [0.15, 0.2) is 24.3 Å². The number of carbonyl (C=O) groups is 3. The maximum atomic E-state index is 11.6. The lowest BCUT2D eigenvalue weighted by Crippen LogP contribution is -2.38. The molecule has 0 heterocycles. The molecule has 0 aliphatic heterocycles. The van der Waals surface area contributed by atoms with E-state index in [4.69, 9.17) is 5.11 Å². The van der Waals surface area contributed by atoms with Crippen molar-refractivity contribution < 1.29 is 19.5 Å². The van der Waals surface area contributed by atoms with Crippen LogP contribution in [-0.2, 0) is 9.59 Å². The number of carbonyl (C=O) groups excluding carboxylic acids is 2. The van der Waals surface area contributed by atoms with E-state index >= 15 is 0 Å². The molecule has 0 radical (unpaired) electrons. The van der Waals surface area contributed by atoms with Gasteiger partial charge in [-0.3, -0.25) is 14.4 Å². The van der Waals surface area contributed by atoms with Gasteiger partial charge >= 0.3 is 5.97 Å². The number of anilines is 1. The summed E-state index contributed by atoms with van der Waals surface area (Å²) >= 11 is 0. The first kappa shape index (κ1) is 13.7. The molecular formula is C12H14N2O4. The number of hydrogen-bond acceptors (Lipinski definition) is 3. The molecule has 0 spiro atoms. The zero-order valence-electron chi connectivity index (χ0n) is 10.1. The van der Waals surface area contributed by atoms with Crippen LogP contribution in [0.25, 0.3) is 0 Å². The standard InChI is InChI=1S/C12H14N2O4/c1-7(12(17)18)13-11(16)9-3-5-10(6-4-9)14-8(2)15/h3-7H,1-2H3,(H,13,16)(H,14,15)(H,17,18)/t7-/m0/s1. The van der Waals surface area contributed by atoms with Crippen molar-refractivity contribution in [3.63, 3.8) is 0 Å². The molecule has 6 heteroatoms. The Bertz CT molecular complexity index is 467. The summed E-state index contributed by atoms with van der Waals surface area (Å²) < 4.78 is 0. The van der Waals surface area contributed by atoms with Crippen molar-refractivity contribution >= 4 is 23.5 Å². The van der Waals surface area contributed by atoms with Crippen LogP contribution < -0.4 is 10.6 Å². The fourth-order valence-electron chi connectivity index (χ4n) is 1.25. The molecule has 1 aromatic rings. The molecule has 3 N–H and O–H groups in total. The van der Waals surface area contributed by atoms with Crippen molar-refractivity contribution in [1.29, 1.82) is 0 Å². The average molecular weight is 250 g/mol. The number of rotatable bonds is 4. The number of benzene rings is 1. The topological polar surface area (TPSA) is 95.5 Å². The molecule has 0 saturated carbocycles. The molecule has 0 aromatic heterocycles. The molecule has 0 saturated heterocycles. The molecule has 0 unspecified atom stereocenters. The van der Waals surface area contributed by atoms with Crippen LogP contribution in [0, 0.1) is 0 Å². The lowest BCUT2D eigenvalue weighted by molar-refractivity contribution is -0.138. The van der Waals surface area contributed by atoms with E-state index in [0.717, 1.165) is 0 Å². The van der Waals surface area contributed by atoms with E-state index in [1.165, 1.54) is 26.0 Å². The number of amides is 2. The molecule has 0 fully saturated rings. The quantitative estimate of drug-likeness (QED) is 0.738. The highest BCUT2D eigenvalue weighted by molar-refractivity contribution is 5.97. The summed E-state index contributed by atoms with van der Waals surface area (Å²) in [5, 5.41) is 13.6. The maximum Gasteiger partial charge on any atom is 0.325 e. The average Bonchev–Trinajstić information content (AvgIpc) is 2.28. The van der Waals surface area contributed by atoms with E-state index < -0.39 is 17.9 Å². The maximum absolute atomic E-state index is 11.6. The Kier molecular flexibility index (Phi) is 4.42. The van der Waals surface area contributed by atoms with Gasteiger partial charge in [0.25, 0.3) is 5.91 Å². The van der Waals surface area contributed by atoms with Crippen molar-refractivity contribution in [2.45, 2.75) is 19.9 Å². The summed E-state index contributed by atoms with van der Waals surface area (Å²) in [5.74, 6) is -1.77. The third-order valence-electron chi connectivity index (χ3n) is 2.19. The molecular weight excluding hydrogens is 236 g/mol. The number of nitrogens with one attached hydrogen (secondary N) is 2. The molecule has 18 heavy (non-hydrogen) atoms. The minimum Gasteiger partial charge on any atom is -0.480 e. The van der Waals surface area contributed by atoms with E-state index in [0.29, 0.717) is 11.3 Å². The Morgan fingerprint density at radius 2 is 1.72 bits per heavy atom. The van der Waals surface area contributed by atoms with Gasteiger partial charge in [-0.15, -0.1) is 0 Å². The van der Waals surface area contributed by atoms with E-state index in [1.807, 2.05) is 0 Å². The summed E-state index contributed by atoms with van der Waals surface area (Å²) in [5.41, 5.74) is 0.905. The van der Waals surface area contributed by atoms with Crippen molar-refractivity contribution in [2.24, 2.45) is 0 Å². The third-order valence-corrected chi connectivity index (χ3v) is 2.19. The molecule has 0 aliphatic carbocycles. The van der Waals surface area contributed by atoms with Gasteiger partial charge in [-0.2, -0.15) is 0 Å². The number of carboxylic acids is 1. The van der Waals surface area contributed by atoms with Gasteiger partial charge in [-0.05, 0) is 31.2 Å². The van der Waals surface area contributed by atoms with E-state index in [-0.39, 0.29) is 5.91 Å². The van der Waals surface area contributed by atoms with Gasteiger partial charge in [0.1, 0.15) is 6.04 Å². The minimum atomic E-state index is -1.10. The van der Waals surface area contributed by atoms with E-state index in [1.54, 1.807) is 12.1 Å². The summed E-state index contributed by atoms with van der Waals surface area (Å²) in [7, 11) is 0. The van der Waals surface area contributed by atoms with Gasteiger partial charge in [-0.1, -0.05) is 0 Å². The molecule has 1 aromatic carbocycles. The van der Waals surface area contributed by atoms with Crippen molar-refractivity contribution in [2.75, 3.05) is 5.32 Å². The predicted octanol–water partition coefficient (Wildman–Crippen LogP) is 0.848. The van der Waals surface area contributed by atoms with Crippen LogP contribution >= 0.6 is 0 Å². The van der Waals surface area contributed by atoms with Gasteiger partial charge in [0.05, 0.1) is 0 Å². The first-order valence-corrected chi connectivity index (χ1v) is 5.31. The zero-order valence-corrected chi connectivity index (χ0v) is 10.1. The fraction of sp³-hybridized carbons (Fsp3) is 0.250. The lowest BCUT2D eigenvalue weighted by Gasteiger charge is -2.09. The number of aliphatic carboxylic acids is 1. The third kappa shape index (κ3) is 3.89. The van der Waals surface area contributed by atoms with E-state index in [9.17, 15) is 14.4 Å². The van der Waals surface area contributed by atoms with Gasteiger partial charge in [-0.25, -0.2) is 0 Å². The first-order chi connectivity index (χ1) is 8.40. The lowest BCUT2D eigenvalue weighted by atomic mass is 10.2. The second kappa shape index (κ2) is 5.81. The summed E-state index contributed by atoms with van der Waals surface area (Å²) in [6.45, 7) is 2.76. The van der Waals surface area contributed by atoms with Gasteiger partial charge in [0.2, 0.25) is 5.91 Å². The molecule has 2 amide bonds. The second-order valence-corrected chi connectivity index (χ2v) is 3.79. The predicted molar refractivity (Wildman–Crippen MR) is 65.3 cm³/mol. The van der Waals surface area contributed by atoms with Crippen molar-refractivity contribution in [3.05, 3.63) is 29.8 Å². The van der Waals surface area contributed by atoms with E-state index in [2.05, 4.69) is 10.6 Å². The number of hydrogen-bond donors (Lipinski definition) is 3. The minimum absolute atomic E-state index is 0.202. The highest BCUT2D eigenvalue weighted by Gasteiger charge is 2.14. The van der Waals surface area contributed by atoms with Crippen LogP contribution in [0.4, 0.5) is 5.69 Å². The molecule has 6 nitrogen and oxygen atoms in total. The fourth-order valence-corrected chi connectivity index (χ4v) is 1.25. The smallest absolute Gasteiger partial charge is 0.325 e. The van der Waals surface area contributed by atoms with Gasteiger partial charge < -0.3 is 15.7 Å². The van der Waals surface area contributed by atoms with Crippen LogP contribution in [0.3, 0.4) is 0 Å². The zero-order chi connectivity index (χ0) is 13.7. The highest BCUT2D eigenvalue weighted by atomic mass is 16.4. The summed E-state index contributed by atoms with van der Waals surface area (Å²) in [6.07, 6.45) is 0. The Balaban J connectivity index is 2.70. The second-order valence-electron chi connectivity index (χ2n) is 3.79. The number of carboxylic acid groups (broad SMARTS) is 1. The molecule has 0 bridgehead atoms. The van der Waals surface area contributed by atoms with Gasteiger partial charge in [0, 0.05) is 18.2 Å². The monoisotopic (exact) mass is 250 g/mol. The summed E-state index contributed by atoms with van der Waals surface area (Å²) in [4.78, 5) is 33.0. The Morgan fingerprint density at radius 3 is 2.17 bits per heavy atom. The Morgan fingerprint density at radius 1 is 1.17 bits per heavy atom. The highest BCUT2D eigenvalue weighted by Crippen LogP contribution is 2.09. The Hall–Kier alpha value is -2.37. The van der Waals surface area contributed by atoms with Crippen LogP contribution in [0.5, 0.6) is 0 Å². The molecule has 0 aliphatic rings. The van der Waals surface area contributed by atoms with Crippen LogP contribution in [-0.4, -0.2) is 28.9 Å². The van der Waals surface area contributed by atoms with Gasteiger partial charge in [0.15, 0.2) is 0 Å². The Labute approximate surface area is 104 Å². The van der Waals surface area contributed by atoms with Crippen LogP contribution in [0.1, 0.15) is 24.2 Å². The van der Waals surface area contributed by atoms with Crippen molar-refractivity contribution in [3.8, 4) is 0 Å².